The Bertz CT molecular complexity index is 152. The van der Waals surface area contributed by atoms with Crippen LogP contribution in [0, 0.1) is 0 Å². The van der Waals surface area contributed by atoms with Gasteiger partial charge in [-0.3, -0.25) is 4.90 Å². The average Bonchev–Trinajstić information content (AvgIpc) is 2.46. The van der Waals surface area contributed by atoms with Crippen molar-refractivity contribution in [1.82, 2.24) is 4.90 Å². The lowest BCUT2D eigenvalue weighted by Crippen LogP contribution is -2.49. The zero-order chi connectivity index (χ0) is 9.73. The van der Waals surface area contributed by atoms with E-state index in [1.165, 1.54) is 12.8 Å². The lowest BCUT2D eigenvalue weighted by Gasteiger charge is -2.35. The Morgan fingerprint density at radius 1 is 1.38 bits per heavy atom. The summed E-state index contributed by atoms with van der Waals surface area (Å²) in [6.07, 6.45) is 2.45. The Labute approximate surface area is 81.0 Å². The van der Waals surface area contributed by atoms with Crippen LogP contribution in [0.25, 0.3) is 0 Å². The highest BCUT2D eigenvalue weighted by Crippen LogP contribution is 2.28. The van der Waals surface area contributed by atoms with Crippen molar-refractivity contribution in [2.45, 2.75) is 25.3 Å². The summed E-state index contributed by atoms with van der Waals surface area (Å²) < 4.78 is 10.8. The van der Waals surface area contributed by atoms with Crippen molar-refractivity contribution >= 4 is 0 Å². The minimum Gasteiger partial charge on any atom is -0.383 e. The van der Waals surface area contributed by atoms with Crippen molar-refractivity contribution in [1.29, 1.82) is 0 Å². The maximum Gasteiger partial charge on any atom is 0.0676 e. The molecular weight excluding hydrogens is 166 g/mol. The van der Waals surface area contributed by atoms with E-state index in [2.05, 4.69) is 11.9 Å². The predicted octanol–water partition coefficient (Wildman–Crippen LogP) is 1.13. The number of nitrogens with zero attached hydrogens (tertiary/aromatic N) is 1. The van der Waals surface area contributed by atoms with E-state index in [-0.39, 0.29) is 5.54 Å². The van der Waals surface area contributed by atoms with E-state index in [1.54, 1.807) is 7.11 Å². The third-order valence-corrected chi connectivity index (χ3v) is 2.93. The van der Waals surface area contributed by atoms with Crippen LogP contribution in [0.5, 0.6) is 0 Å². The third kappa shape index (κ3) is 2.42. The second kappa shape index (κ2) is 4.94. The summed E-state index contributed by atoms with van der Waals surface area (Å²) in [7, 11) is 3.92. The molecule has 1 fully saturated rings. The van der Waals surface area contributed by atoms with Gasteiger partial charge in [0.15, 0.2) is 0 Å². The van der Waals surface area contributed by atoms with Gasteiger partial charge in [0.1, 0.15) is 0 Å². The molecule has 0 aromatic heterocycles. The van der Waals surface area contributed by atoms with Crippen LogP contribution >= 0.6 is 0 Å². The number of rotatable bonds is 5. The molecule has 0 aromatic rings. The van der Waals surface area contributed by atoms with Crippen LogP contribution in [0.15, 0.2) is 0 Å². The van der Waals surface area contributed by atoms with Crippen molar-refractivity contribution in [3.05, 3.63) is 0 Å². The molecule has 0 amide bonds. The highest BCUT2D eigenvalue weighted by atomic mass is 16.5. The summed E-state index contributed by atoms with van der Waals surface area (Å²) in [4.78, 5) is 2.37. The monoisotopic (exact) mass is 187 g/mol. The Morgan fingerprint density at radius 3 is 2.62 bits per heavy atom. The van der Waals surface area contributed by atoms with E-state index in [1.807, 2.05) is 6.92 Å². The van der Waals surface area contributed by atoms with E-state index in [4.69, 9.17) is 9.47 Å². The van der Waals surface area contributed by atoms with Crippen LogP contribution in [0.3, 0.4) is 0 Å². The minimum absolute atomic E-state index is 0.144. The molecule has 1 atom stereocenters. The molecule has 0 aromatic carbocycles. The molecule has 1 rings (SSSR count). The first-order chi connectivity index (χ1) is 6.25. The van der Waals surface area contributed by atoms with Crippen molar-refractivity contribution in [2.24, 2.45) is 0 Å². The third-order valence-electron chi connectivity index (χ3n) is 2.93. The van der Waals surface area contributed by atoms with Gasteiger partial charge in [-0.1, -0.05) is 0 Å². The number of ether oxygens (including phenoxy) is 2. The molecule has 1 aliphatic heterocycles. The Kier molecular flexibility index (Phi) is 4.16. The summed E-state index contributed by atoms with van der Waals surface area (Å²) in [5, 5.41) is 0. The molecule has 3 heteroatoms. The highest BCUT2D eigenvalue weighted by Gasteiger charge is 2.38. The molecule has 0 N–H and O–H groups in total. The Morgan fingerprint density at radius 2 is 2.15 bits per heavy atom. The molecule has 0 spiro atoms. The van der Waals surface area contributed by atoms with Crippen LogP contribution in [0.4, 0.5) is 0 Å². The molecule has 0 saturated carbocycles. The molecule has 0 radical (unpaired) electrons. The van der Waals surface area contributed by atoms with Crippen molar-refractivity contribution in [3.8, 4) is 0 Å². The Hall–Kier alpha value is -0.120. The number of likely N-dealkylation sites (tertiary alicyclic amines) is 1. The fourth-order valence-corrected chi connectivity index (χ4v) is 2.04. The first kappa shape index (κ1) is 11.0. The second-order valence-electron chi connectivity index (χ2n) is 3.82. The van der Waals surface area contributed by atoms with E-state index in [9.17, 15) is 0 Å². The van der Waals surface area contributed by atoms with Gasteiger partial charge in [-0.25, -0.2) is 0 Å². The van der Waals surface area contributed by atoms with Gasteiger partial charge in [0.2, 0.25) is 0 Å². The number of methoxy groups -OCH3 is 1. The van der Waals surface area contributed by atoms with E-state index in [0.29, 0.717) is 0 Å². The topological polar surface area (TPSA) is 21.7 Å². The van der Waals surface area contributed by atoms with Crippen molar-refractivity contribution < 1.29 is 9.47 Å². The maximum atomic E-state index is 5.52. The van der Waals surface area contributed by atoms with Gasteiger partial charge in [0, 0.05) is 13.7 Å². The lowest BCUT2D eigenvalue weighted by molar-refractivity contribution is -0.0172. The fourth-order valence-electron chi connectivity index (χ4n) is 2.04. The molecule has 1 saturated heterocycles. The SMILES string of the molecule is CCOCC1(COC)CCCN1C. The highest BCUT2D eigenvalue weighted by molar-refractivity contribution is 4.94. The summed E-state index contributed by atoms with van der Waals surface area (Å²) in [5.74, 6) is 0. The summed E-state index contributed by atoms with van der Waals surface area (Å²) in [5.41, 5.74) is 0.144. The smallest absolute Gasteiger partial charge is 0.0676 e. The van der Waals surface area contributed by atoms with Crippen LogP contribution in [-0.4, -0.2) is 51.0 Å². The molecule has 1 unspecified atom stereocenters. The molecule has 1 heterocycles. The fraction of sp³-hybridized carbons (Fsp3) is 1.00. The molecule has 3 nitrogen and oxygen atoms in total. The van der Waals surface area contributed by atoms with Gasteiger partial charge in [-0.2, -0.15) is 0 Å². The standard InChI is InChI=1S/C10H21NO2/c1-4-13-9-10(8-12-3)6-5-7-11(10)2/h4-9H2,1-3H3. The van der Waals surface area contributed by atoms with Gasteiger partial charge < -0.3 is 9.47 Å². The van der Waals surface area contributed by atoms with Gasteiger partial charge in [-0.05, 0) is 33.4 Å². The molecule has 13 heavy (non-hydrogen) atoms. The largest absolute Gasteiger partial charge is 0.383 e. The van der Waals surface area contributed by atoms with Crippen LogP contribution in [0.2, 0.25) is 0 Å². The van der Waals surface area contributed by atoms with Crippen LogP contribution in [0.1, 0.15) is 19.8 Å². The number of hydrogen-bond acceptors (Lipinski definition) is 3. The summed E-state index contributed by atoms with van der Waals surface area (Å²) in [6.45, 7) is 5.57. The molecule has 1 aliphatic rings. The average molecular weight is 187 g/mol. The number of hydrogen-bond donors (Lipinski definition) is 0. The zero-order valence-electron chi connectivity index (χ0n) is 9.01. The van der Waals surface area contributed by atoms with E-state index in [0.717, 1.165) is 26.4 Å². The zero-order valence-corrected chi connectivity index (χ0v) is 9.01. The quantitative estimate of drug-likeness (QED) is 0.644. The van der Waals surface area contributed by atoms with Gasteiger partial charge in [0.25, 0.3) is 0 Å². The van der Waals surface area contributed by atoms with Gasteiger partial charge in [-0.15, -0.1) is 0 Å². The second-order valence-corrected chi connectivity index (χ2v) is 3.82. The van der Waals surface area contributed by atoms with Crippen molar-refractivity contribution in [3.63, 3.8) is 0 Å². The van der Waals surface area contributed by atoms with E-state index < -0.39 is 0 Å². The summed E-state index contributed by atoms with van der Waals surface area (Å²) >= 11 is 0. The van der Waals surface area contributed by atoms with Crippen LogP contribution in [-0.2, 0) is 9.47 Å². The van der Waals surface area contributed by atoms with Gasteiger partial charge >= 0.3 is 0 Å². The lowest BCUT2D eigenvalue weighted by atomic mass is 9.99. The summed E-state index contributed by atoms with van der Waals surface area (Å²) in [6, 6.07) is 0. The van der Waals surface area contributed by atoms with Crippen molar-refractivity contribution in [2.75, 3.05) is 40.5 Å². The molecule has 0 bridgehead atoms. The first-order valence-corrected chi connectivity index (χ1v) is 5.03. The number of likely N-dealkylation sites (N-methyl/N-ethyl adjacent to an activating group) is 1. The van der Waals surface area contributed by atoms with E-state index >= 15 is 0 Å². The molecule has 78 valence electrons. The van der Waals surface area contributed by atoms with Crippen LogP contribution < -0.4 is 0 Å². The first-order valence-electron chi connectivity index (χ1n) is 5.03. The molecular formula is C10H21NO2. The molecule has 0 aliphatic carbocycles. The normalized spacial score (nSPS) is 29.8. The maximum absolute atomic E-state index is 5.52. The van der Waals surface area contributed by atoms with Gasteiger partial charge in [0.05, 0.1) is 18.8 Å². The predicted molar refractivity (Wildman–Crippen MR) is 53.0 cm³/mol. The Balaban J connectivity index is 2.51. The minimum atomic E-state index is 0.144.